The number of barbiturate groups is 1. The van der Waals surface area contributed by atoms with Gasteiger partial charge in [-0.1, -0.05) is 38.3 Å². The van der Waals surface area contributed by atoms with E-state index in [4.69, 9.17) is 14.2 Å². The fourth-order valence-corrected chi connectivity index (χ4v) is 3.47. The van der Waals surface area contributed by atoms with Gasteiger partial charge < -0.3 is 14.2 Å². The monoisotopic (exact) mass is 480 g/mol. The molecule has 0 N–H and O–H groups in total. The summed E-state index contributed by atoms with van der Waals surface area (Å²) in [6, 6.07) is 13.9. The second-order valence-corrected chi connectivity index (χ2v) is 8.22. The molecular weight excluding hydrogens is 448 g/mol. The second kappa shape index (κ2) is 12.6. The summed E-state index contributed by atoms with van der Waals surface area (Å²) in [5.74, 6) is 0.961. The van der Waals surface area contributed by atoms with Crippen LogP contribution in [-0.2, 0) is 9.59 Å². The first-order valence-electron chi connectivity index (χ1n) is 11.8. The largest absolute Gasteiger partial charge is 0.494 e. The third-order valence-electron chi connectivity index (χ3n) is 5.55. The lowest BCUT2D eigenvalue weighted by atomic mass is 10.1. The van der Waals surface area contributed by atoms with Gasteiger partial charge in [0.15, 0.2) is 0 Å². The van der Waals surface area contributed by atoms with Gasteiger partial charge in [-0.25, -0.2) is 4.79 Å². The number of carbonyl (C=O) groups is 3. The normalized spacial score (nSPS) is 13.8. The Hall–Kier alpha value is -3.81. The van der Waals surface area contributed by atoms with Gasteiger partial charge in [-0.3, -0.25) is 19.4 Å². The van der Waals surface area contributed by atoms with Crippen molar-refractivity contribution in [3.05, 3.63) is 59.7 Å². The standard InChI is InChI=1S/C27H32N2O6/c1-4-5-6-7-16-33-22-12-14-23(15-13-22)35-18-17-34-21-10-8-20(9-11-21)19-24-25(30)28(2)27(32)29(3)26(24)31/h8-15,19H,4-7,16-18H2,1-3H3. The van der Waals surface area contributed by atoms with Crippen molar-refractivity contribution in [3.63, 3.8) is 0 Å². The Bertz CT molecular complexity index is 1020. The van der Waals surface area contributed by atoms with E-state index in [2.05, 4.69) is 6.92 Å². The van der Waals surface area contributed by atoms with E-state index in [-0.39, 0.29) is 5.57 Å². The number of unbranched alkanes of at least 4 members (excludes halogenated alkanes) is 3. The molecule has 8 heteroatoms. The van der Waals surface area contributed by atoms with E-state index < -0.39 is 17.8 Å². The minimum atomic E-state index is -0.648. The van der Waals surface area contributed by atoms with Crippen molar-refractivity contribution < 1.29 is 28.6 Å². The number of nitrogens with zero attached hydrogens (tertiary/aromatic N) is 2. The van der Waals surface area contributed by atoms with Crippen LogP contribution in [0.1, 0.15) is 38.2 Å². The molecule has 0 atom stereocenters. The van der Waals surface area contributed by atoms with E-state index in [9.17, 15) is 14.4 Å². The Balaban J connectivity index is 1.43. The molecule has 0 bridgehead atoms. The lowest BCUT2D eigenvalue weighted by Gasteiger charge is -2.28. The molecule has 1 fully saturated rings. The predicted molar refractivity (Wildman–Crippen MR) is 132 cm³/mol. The van der Waals surface area contributed by atoms with E-state index in [1.54, 1.807) is 24.3 Å². The lowest BCUT2D eigenvalue weighted by molar-refractivity contribution is -0.134. The summed E-state index contributed by atoms with van der Waals surface area (Å²) < 4.78 is 17.2. The maximum atomic E-state index is 12.3. The first-order chi connectivity index (χ1) is 16.9. The van der Waals surface area contributed by atoms with Crippen LogP contribution >= 0.6 is 0 Å². The number of hydrogen-bond donors (Lipinski definition) is 0. The molecule has 0 saturated carbocycles. The van der Waals surface area contributed by atoms with Crippen LogP contribution < -0.4 is 14.2 Å². The van der Waals surface area contributed by atoms with Crippen LogP contribution in [-0.4, -0.2) is 61.6 Å². The van der Waals surface area contributed by atoms with E-state index in [0.29, 0.717) is 24.5 Å². The van der Waals surface area contributed by atoms with Crippen LogP contribution in [0.5, 0.6) is 17.2 Å². The third-order valence-corrected chi connectivity index (χ3v) is 5.55. The topological polar surface area (TPSA) is 85.4 Å². The Morgan fingerprint density at radius 1 is 0.657 bits per heavy atom. The van der Waals surface area contributed by atoms with Gasteiger partial charge in [0.05, 0.1) is 6.61 Å². The molecule has 186 valence electrons. The van der Waals surface area contributed by atoms with Crippen molar-refractivity contribution in [2.24, 2.45) is 0 Å². The summed E-state index contributed by atoms with van der Waals surface area (Å²) in [6.07, 6.45) is 6.17. The number of hydrogen-bond acceptors (Lipinski definition) is 6. The van der Waals surface area contributed by atoms with Gasteiger partial charge in [-0.15, -0.1) is 0 Å². The molecular formula is C27H32N2O6. The molecule has 2 aromatic carbocycles. The van der Waals surface area contributed by atoms with Gasteiger partial charge in [0, 0.05) is 14.1 Å². The number of amides is 4. The van der Waals surface area contributed by atoms with Gasteiger partial charge >= 0.3 is 6.03 Å². The molecule has 0 aliphatic carbocycles. The zero-order chi connectivity index (χ0) is 25.2. The van der Waals surface area contributed by atoms with E-state index in [1.807, 2.05) is 24.3 Å². The van der Waals surface area contributed by atoms with Crippen molar-refractivity contribution in [2.75, 3.05) is 33.9 Å². The zero-order valence-electron chi connectivity index (χ0n) is 20.5. The van der Waals surface area contributed by atoms with Crippen LogP contribution in [0.2, 0.25) is 0 Å². The smallest absolute Gasteiger partial charge is 0.333 e. The molecule has 4 amide bonds. The molecule has 0 spiro atoms. The Kier molecular flexibility index (Phi) is 9.29. The Morgan fingerprint density at radius 3 is 1.60 bits per heavy atom. The quantitative estimate of drug-likeness (QED) is 0.252. The van der Waals surface area contributed by atoms with Gasteiger partial charge in [0.2, 0.25) is 0 Å². The van der Waals surface area contributed by atoms with Crippen LogP contribution in [0.3, 0.4) is 0 Å². The number of urea groups is 1. The minimum Gasteiger partial charge on any atom is -0.494 e. The maximum absolute atomic E-state index is 12.3. The van der Waals surface area contributed by atoms with Crippen LogP contribution in [0, 0.1) is 0 Å². The molecule has 2 aromatic rings. The highest BCUT2D eigenvalue weighted by Crippen LogP contribution is 2.20. The van der Waals surface area contributed by atoms with Crippen molar-refractivity contribution in [3.8, 4) is 17.2 Å². The first-order valence-corrected chi connectivity index (χ1v) is 11.8. The van der Waals surface area contributed by atoms with Crippen LogP contribution in [0.25, 0.3) is 6.08 Å². The molecule has 1 heterocycles. The summed E-state index contributed by atoms with van der Waals surface area (Å²) in [5, 5.41) is 0. The van der Waals surface area contributed by atoms with Crippen molar-refractivity contribution >= 4 is 23.9 Å². The van der Waals surface area contributed by atoms with Gasteiger partial charge in [-0.05, 0) is 54.5 Å². The highest BCUT2D eigenvalue weighted by atomic mass is 16.5. The van der Waals surface area contributed by atoms with Crippen molar-refractivity contribution in [1.29, 1.82) is 0 Å². The van der Waals surface area contributed by atoms with Gasteiger partial charge in [-0.2, -0.15) is 0 Å². The Labute approximate surface area is 206 Å². The number of benzene rings is 2. The highest BCUT2D eigenvalue weighted by molar-refractivity contribution is 6.30. The van der Waals surface area contributed by atoms with Crippen LogP contribution in [0.15, 0.2) is 54.1 Å². The summed E-state index contributed by atoms with van der Waals surface area (Å²) in [6.45, 7) is 3.64. The second-order valence-electron chi connectivity index (χ2n) is 8.22. The van der Waals surface area contributed by atoms with Crippen LogP contribution in [0.4, 0.5) is 4.79 Å². The predicted octanol–water partition coefficient (Wildman–Crippen LogP) is 4.54. The summed E-state index contributed by atoms with van der Waals surface area (Å²) >= 11 is 0. The molecule has 35 heavy (non-hydrogen) atoms. The average Bonchev–Trinajstić information content (AvgIpc) is 2.88. The molecule has 1 aliphatic heterocycles. The lowest BCUT2D eigenvalue weighted by Crippen LogP contribution is -2.52. The summed E-state index contributed by atoms with van der Waals surface area (Å²) in [5.41, 5.74) is 0.582. The molecule has 8 nitrogen and oxygen atoms in total. The fraction of sp³-hybridized carbons (Fsp3) is 0.370. The fourth-order valence-electron chi connectivity index (χ4n) is 3.47. The molecule has 3 rings (SSSR count). The Morgan fingerprint density at radius 2 is 1.11 bits per heavy atom. The molecule has 0 aromatic heterocycles. The SMILES string of the molecule is CCCCCCOc1ccc(OCCOc2ccc(C=C3C(=O)N(C)C(=O)N(C)C3=O)cc2)cc1. The van der Waals surface area contributed by atoms with E-state index >= 15 is 0 Å². The summed E-state index contributed by atoms with van der Waals surface area (Å²) in [4.78, 5) is 38.3. The molecule has 1 aliphatic rings. The number of rotatable bonds is 12. The van der Waals surface area contributed by atoms with Crippen molar-refractivity contribution in [2.45, 2.75) is 32.6 Å². The van der Waals surface area contributed by atoms with Gasteiger partial charge in [0.1, 0.15) is 36.0 Å². The highest BCUT2D eigenvalue weighted by Gasteiger charge is 2.37. The maximum Gasteiger partial charge on any atom is 0.333 e. The number of ether oxygens (including phenoxy) is 3. The number of carbonyl (C=O) groups excluding carboxylic acids is 3. The molecule has 0 unspecified atom stereocenters. The number of likely N-dealkylation sites (N-methyl/N-ethyl adjacent to an activating group) is 2. The van der Waals surface area contributed by atoms with E-state index in [1.165, 1.54) is 39.4 Å². The first kappa shape index (κ1) is 25.8. The third kappa shape index (κ3) is 7.09. The molecule has 1 saturated heterocycles. The minimum absolute atomic E-state index is 0.0652. The van der Waals surface area contributed by atoms with E-state index in [0.717, 1.165) is 34.3 Å². The average molecular weight is 481 g/mol. The zero-order valence-corrected chi connectivity index (χ0v) is 20.5. The van der Waals surface area contributed by atoms with Gasteiger partial charge in [0.25, 0.3) is 11.8 Å². The van der Waals surface area contributed by atoms with Crippen molar-refractivity contribution in [1.82, 2.24) is 9.80 Å². The summed E-state index contributed by atoms with van der Waals surface area (Å²) in [7, 11) is 2.69. The molecule has 0 radical (unpaired) electrons. The number of imide groups is 2.